The lowest BCUT2D eigenvalue weighted by atomic mass is 10.0. The van der Waals surface area contributed by atoms with Crippen molar-refractivity contribution < 1.29 is 8.42 Å². The monoisotopic (exact) mass is 463 g/mol. The maximum absolute atomic E-state index is 13.8. The van der Waals surface area contributed by atoms with Crippen LogP contribution in [0.2, 0.25) is 0 Å². The Morgan fingerprint density at radius 3 is 2.33 bits per heavy atom. The van der Waals surface area contributed by atoms with Crippen LogP contribution in [0.5, 0.6) is 0 Å². The molecule has 3 aromatic rings. The smallest absolute Gasteiger partial charge is 0.210 e. The third kappa shape index (κ3) is 4.26. The summed E-state index contributed by atoms with van der Waals surface area (Å²) in [6, 6.07) is 14.0. The Kier molecular flexibility index (Phi) is 6.14. The van der Waals surface area contributed by atoms with Gasteiger partial charge in [-0.05, 0) is 81.9 Å². The number of anilines is 1. The van der Waals surface area contributed by atoms with Gasteiger partial charge in [0, 0.05) is 30.7 Å². The third-order valence-corrected chi connectivity index (χ3v) is 9.10. The number of likely N-dealkylation sites (tertiary alicyclic amines) is 1. The Labute approximate surface area is 197 Å². The molecule has 0 radical (unpaired) electrons. The first-order chi connectivity index (χ1) is 16.0. The minimum absolute atomic E-state index is 0.324. The van der Waals surface area contributed by atoms with Gasteiger partial charge in [-0.1, -0.05) is 30.7 Å². The van der Waals surface area contributed by atoms with Crippen molar-refractivity contribution in [3.63, 3.8) is 0 Å². The maximum Gasteiger partial charge on any atom is 0.210 e. The topological polar surface area (TPSA) is 53.5 Å². The van der Waals surface area contributed by atoms with Crippen LogP contribution in [0.1, 0.15) is 43.7 Å². The van der Waals surface area contributed by atoms with E-state index in [1.54, 1.807) is 18.3 Å². The summed E-state index contributed by atoms with van der Waals surface area (Å²) in [6.45, 7) is 8.26. The molecule has 33 heavy (non-hydrogen) atoms. The molecule has 5 rings (SSSR count). The van der Waals surface area contributed by atoms with E-state index in [-0.39, 0.29) is 0 Å². The van der Waals surface area contributed by atoms with Crippen LogP contribution < -0.4 is 4.90 Å². The van der Waals surface area contributed by atoms with Crippen molar-refractivity contribution in [2.45, 2.75) is 61.8 Å². The molecule has 2 aliphatic rings. The highest BCUT2D eigenvalue weighted by Crippen LogP contribution is 2.38. The minimum Gasteiger partial charge on any atom is -0.370 e. The molecular formula is C27H33N3O2S. The summed E-state index contributed by atoms with van der Waals surface area (Å²) < 4.78 is 27.6. The fourth-order valence-electron chi connectivity index (χ4n) is 5.39. The second-order valence-corrected chi connectivity index (χ2v) is 11.4. The van der Waals surface area contributed by atoms with E-state index >= 15 is 0 Å². The molecule has 5 nitrogen and oxygen atoms in total. The number of aryl methyl sites for hydroxylation is 2. The molecular weight excluding hydrogens is 430 g/mol. The fraction of sp³-hybridized carbons (Fsp3) is 0.444. The van der Waals surface area contributed by atoms with Crippen LogP contribution in [0.25, 0.3) is 10.9 Å². The van der Waals surface area contributed by atoms with Gasteiger partial charge in [0.15, 0.2) is 0 Å². The lowest BCUT2D eigenvalue weighted by molar-refractivity contribution is 0.208. The molecule has 2 fully saturated rings. The molecule has 2 aliphatic heterocycles. The molecule has 3 heterocycles. The van der Waals surface area contributed by atoms with E-state index in [1.165, 1.54) is 25.9 Å². The molecule has 0 unspecified atom stereocenters. The zero-order valence-electron chi connectivity index (χ0n) is 19.6. The van der Waals surface area contributed by atoms with Gasteiger partial charge in [-0.2, -0.15) is 0 Å². The summed E-state index contributed by atoms with van der Waals surface area (Å²) in [5.74, 6) is 0. The molecule has 6 heteroatoms. The largest absolute Gasteiger partial charge is 0.370 e. The van der Waals surface area contributed by atoms with E-state index in [2.05, 4.69) is 27.8 Å². The van der Waals surface area contributed by atoms with Crippen LogP contribution in [0.15, 0.2) is 58.5 Å². The van der Waals surface area contributed by atoms with Gasteiger partial charge in [-0.25, -0.2) is 8.42 Å². The number of rotatable bonds is 5. The first-order valence-electron chi connectivity index (χ1n) is 12.2. The minimum atomic E-state index is -3.69. The molecule has 0 spiro atoms. The number of hydrogen-bond acceptors (Lipinski definition) is 5. The van der Waals surface area contributed by atoms with Crippen molar-refractivity contribution >= 4 is 26.4 Å². The van der Waals surface area contributed by atoms with Gasteiger partial charge in [-0.15, -0.1) is 0 Å². The Morgan fingerprint density at radius 1 is 0.970 bits per heavy atom. The van der Waals surface area contributed by atoms with Crippen molar-refractivity contribution in [1.29, 1.82) is 0 Å². The van der Waals surface area contributed by atoms with Gasteiger partial charge in [0.25, 0.3) is 0 Å². The second-order valence-electron chi connectivity index (χ2n) is 9.45. The number of sulfone groups is 1. The van der Waals surface area contributed by atoms with Gasteiger partial charge in [0.1, 0.15) is 4.90 Å². The number of aromatic nitrogens is 1. The number of pyridine rings is 1. The van der Waals surface area contributed by atoms with Gasteiger partial charge in [0.05, 0.1) is 16.1 Å². The fourth-order valence-corrected chi connectivity index (χ4v) is 6.82. The average molecular weight is 464 g/mol. The van der Waals surface area contributed by atoms with Gasteiger partial charge in [-0.3, -0.25) is 4.98 Å². The zero-order chi connectivity index (χ0) is 23.0. The van der Waals surface area contributed by atoms with Crippen LogP contribution in [0, 0.1) is 6.92 Å². The average Bonchev–Trinajstić information content (AvgIpc) is 3.38. The summed E-state index contributed by atoms with van der Waals surface area (Å²) in [5.41, 5.74) is 3.91. The van der Waals surface area contributed by atoms with E-state index in [1.807, 2.05) is 31.2 Å². The third-order valence-electron chi connectivity index (χ3n) is 7.33. The van der Waals surface area contributed by atoms with Crippen LogP contribution in [-0.4, -0.2) is 50.5 Å². The normalized spacial score (nSPS) is 18.3. The number of nitrogens with zero attached hydrogens (tertiary/aromatic N) is 3. The second kappa shape index (κ2) is 9.07. The Bertz CT molecular complexity index is 1240. The molecule has 0 bridgehead atoms. The van der Waals surface area contributed by atoms with Crippen LogP contribution in [0.4, 0.5) is 5.69 Å². The number of hydrogen-bond donors (Lipinski definition) is 0. The molecule has 2 saturated heterocycles. The first kappa shape index (κ1) is 22.4. The van der Waals surface area contributed by atoms with Crippen molar-refractivity contribution in [3.05, 3.63) is 59.8 Å². The van der Waals surface area contributed by atoms with Crippen molar-refractivity contribution in [2.75, 3.05) is 31.1 Å². The zero-order valence-corrected chi connectivity index (χ0v) is 20.4. The predicted molar refractivity (Wildman–Crippen MR) is 134 cm³/mol. The molecule has 1 aromatic heterocycles. The highest BCUT2D eigenvalue weighted by Gasteiger charge is 2.31. The number of benzene rings is 2. The SMILES string of the molecule is CCc1ccc(S(=O)(=O)c2cnc3ccc(C)cc3c2N2CCC(N3CCCC3)CC2)cc1. The predicted octanol–water partition coefficient (Wildman–Crippen LogP) is 5.00. The van der Waals surface area contributed by atoms with Crippen molar-refractivity contribution in [1.82, 2.24) is 9.88 Å². The molecule has 0 atom stereocenters. The van der Waals surface area contributed by atoms with E-state index in [9.17, 15) is 8.42 Å². The molecule has 174 valence electrons. The molecule has 0 amide bonds. The summed E-state index contributed by atoms with van der Waals surface area (Å²) >= 11 is 0. The van der Waals surface area contributed by atoms with Crippen molar-refractivity contribution in [3.8, 4) is 0 Å². The van der Waals surface area contributed by atoms with E-state index in [0.29, 0.717) is 15.8 Å². The lowest BCUT2D eigenvalue weighted by Gasteiger charge is -2.38. The number of fused-ring (bicyclic) bond motifs is 1. The van der Waals surface area contributed by atoms with Crippen LogP contribution in [-0.2, 0) is 16.3 Å². The van der Waals surface area contributed by atoms with Crippen molar-refractivity contribution in [2.24, 2.45) is 0 Å². The van der Waals surface area contributed by atoms with Gasteiger partial charge >= 0.3 is 0 Å². The maximum atomic E-state index is 13.8. The summed E-state index contributed by atoms with van der Waals surface area (Å²) in [4.78, 5) is 10.1. The van der Waals surface area contributed by atoms with Gasteiger partial charge < -0.3 is 9.80 Å². The Morgan fingerprint density at radius 2 is 1.67 bits per heavy atom. The summed E-state index contributed by atoms with van der Waals surface area (Å²) in [5, 5.41) is 0.931. The number of piperidine rings is 1. The van der Waals surface area contributed by atoms with Crippen LogP contribution >= 0.6 is 0 Å². The first-order valence-corrected chi connectivity index (χ1v) is 13.7. The van der Waals surface area contributed by atoms with E-state index in [4.69, 9.17) is 0 Å². The van der Waals surface area contributed by atoms with Gasteiger partial charge in [0.2, 0.25) is 9.84 Å². The van der Waals surface area contributed by atoms with E-state index in [0.717, 1.165) is 60.1 Å². The Balaban J connectivity index is 1.57. The highest BCUT2D eigenvalue weighted by atomic mass is 32.2. The Hall–Kier alpha value is -2.44. The molecule has 0 saturated carbocycles. The highest BCUT2D eigenvalue weighted by molar-refractivity contribution is 7.91. The molecule has 2 aromatic carbocycles. The summed E-state index contributed by atoms with van der Waals surface area (Å²) in [6.07, 6.45) is 7.19. The lowest BCUT2D eigenvalue weighted by Crippen LogP contribution is -2.44. The molecule has 0 aliphatic carbocycles. The van der Waals surface area contributed by atoms with Crippen LogP contribution in [0.3, 0.4) is 0 Å². The quantitative estimate of drug-likeness (QED) is 0.533. The standard InChI is InChI=1S/C27H33N3O2S/c1-3-21-7-9-23(10-8-21)33(31,32)26-19-28-25-11-6-20(2)18-24(25)27(26)30-16-12-22(13-17-30)29-14-4-5-15-29/h6-11,18-19,22H,3-5,12-17H2,1-2H3. The molecule has 0 N–H and O–H groups in total. The van der Waals surface area contributed by atoms with E-state index < -0.39 is 9.84 Å². The summed E-state index contributed by atoms with van der Waals surface area (Å²) in [7, 11) is -3.69.